The van der Waals surface area contributed by atoms with Crippen LogP contribution in [0.25, 0.3) is 10.6 Å². The van der Waals surface area contributed by atoms with Crippen LogP contribution in [-0.4, -0.2) is 4.98 Å². The number of hydrogen-bond donors (Lipinski definition) is 0. The smallest absolute Gasteiger partial charge is 0.240 e. The lowest BCUT2D eigenvalue weighted by molar-refractivity contribution is -0.137. The summed E-state index contributed by atoms with van der Waals surface area (Å²) in [5.41, 5.74) is -0.219. The fourth-order valence-electron chi connectivity index (χ4n) is 1.53. The van der Waals surface area contributed by atoms with Crippen LogP contribution < -0.4 is 0 Å². The average molecular weight is 347 g/mol. The van der Waals surface area contributed by atoms with Crippen LogP contribution in [0.3, 0.4) is 0 Å². The largest absolute Gasteiger partial charge is 0.417 e. The zero-order chi connectivity index (χ0) is 14.0. The van der Waals surface area contributed by atoms with Crippen molar-refractivity contribution in [3.63, 3.8) is 0 Å². The van der Waals surface area contributed by atoms with Crippen LogP contribution in [0.15, 0.2) is 28.1 Å². The van der Waals surface area contributed by atoms with Crippen molar-refractivity contribution in [3.05, 3.63) is 39.3 Å². The molecule has 1 aromatic heterocycles. The molecule has 2 rings (SSSR count). The van der Waals surface area contributed by atoms with Gasteiger partial charge in [-0.05, 0) is 12.1 Å². The Balaban J connectivity index is 2.52. The molecule has 0 N–H and O–H groups in total. The predicted molar refractivity (Wildman–Crippen MR) is 69.6 cm³/mol. The Morgan fingerprint density at radius 2 is 2.11 bits per heavy atom. The monoisotopic (exact) mass is 346 g/mol. The Labute approximate surface area is 119 Å². The highest BCUT2D eigenvalue weighted by Gasteiger charge is 2.34. The van der Waals surface area contributed by atoms with E-state index in [0.717, 1.165) is 17.4 Å². The normalized spacial score (nSPS) is 11.3. The fraction of sp³-hybridized carbons (Fsp3) is 0.167. The van der Waals surface area contributed by atoms with Crippen molar-refractivity contribution in [2.24, 2.45) is 0 Å². The van der Waals surface area contributed by atoms with E-state index in [2.05, 4.69) is 20.9 Å². The SMILES string of the molecule is N#CCc1csc(-c2ccc(Br)cc2C(F)(F)F)n1. The Morgan fingerprint density at radius 1 is 1.37 bits per heavy atom. The summed E-state index contributed by atoms with van der Waals surface area (Å²) in [6, 6.07) is 5.86. The minimum atomic E-state index is -4.44. The summed E-state index contributed by atoms with van der Waals surface area (Å²) in [5, 5.41) is 10.4. The van der Waals surface area contributed by atoms with Crippen molar-refractivity contribution in [1.82, 2.24) is 4.98 Å². The van der Waals surface area contributed by atoms with Gasteiger partial charge in [-0.2, -0.15) is 18.4 Å². The molecule has 19 heavy (non-hydrogen) atoms. The maximum atomic E-state index is 13.0. The number of rotatable bonds is 2. The molecule has 0 saturated carbocycles. The number of alkyl halides is 3. The van der Waals surface area contributed by atoms with Gasteiger partial charge in [-0.15, -0.1) is 11.3 Å². The van der Waals surface area contributed by atoms with Crippen LogP contribution in [0.2, 0.25) is 0 Å². The molecule has 2 nitrogen and oxygen atoms in total. The quantitative estimate of drug-likeness (QED) is 0.792. The minimum Gasteiger partial charge on any atom is -0.240 e. The van der Waals surface area contributed by atoms with Gasteiger partial charge in [0.15, 0.2) is 0 Å². The summed E-state index contributed by atoms with van der Waals surface area (Å²) in [4.78, 5) is 4.05. The van der Waals surface area contributed by atoms with Crippen molar-refractivity contribution in [3.8, 4) is 16.6 Å². The van der Waals surface area contributed by atoms with E-state index in [9.17, 15) is 13.2 Å². The van der Waals surface area contributed by atoms with Crippen LogP contribution >= 0.6 is 27.3 Å². The topological polar surface area (TPSA) is 36.7 Å². The third-order valence-corrected chi connectivity index (χ3v) is 3.75. The third-order valence-electron chi connectivity index (χ3n) is 2.33. The first-order valence-electron chi connectivity index (χ1n) is 5.10. The summed E-state index contributed by atoms with van der Waals surface area (Å²) >= 11 is 4.13. The maximum Gasteiger partial charge on any atom is 0.417 e. The minimum absolute atomic E-state index is 0.0323. The molecule has 0 bridgehead atoms. The third kappa shape index (κ3) is 3.14. The molecule has 0 amide bonds. The van der Waals surface area contributed by atoms with E-state index >= 15 is 0 Å². The van der Waals surface area contributed by atoms with Gasteiger partial charge in [0.25, 0.3) is 0 Å². The molecule has 98 valence electrons. The number of halogens is 4. The number of hydrogen-bond acceptors (Lipinski definition) is 3. The van der Waals surface area contributed by atoms with Gasteiger partial charge in [-0.1, -0.05) is 22.0 Å². The molecule has 0 saturated heterocycles. The van der Waals surface area contributed by atoms with Gasteiger partial charge < -0.3 is 0 Å². The predicted octanol–water partition coefficient (Wildman–Crippen LogP) is 4.66. The molecule has 2 aromatic rings. The summed E-state index contributed by atoms with van der Waals surface area (Å²) in [6.45, 7) is 0. The lowest BCUT2D eigenvalue weighted by Crippen LogP contribution is -2.07. The summed E-state index contributed by atoms with van der Waals surface area (Å²) in [5.74, 6) is 0. The number of benzene rings is 1. The van der Waals surface area contributed by atoms with E-state index in [4.69, 9.17) is 5.26 Å². The maximum absolute atomic E-state index is 13.0. The summed E-state index contributed by atoms with van der Waals surface area (Å²) in [7, 11) is 0. The highest BCUT2D eigenvalue weighted by atomic mass is 79.9. The van der Waals surface area contributed by atoms with Crippen molar-refractivity contribution < 1.29 is 13.2 Å². The first kappa shape index (κ1) is 14.0. The van der Waals surface area contributed by atoms with Crippen molar-refractivity contribution in [2.45, 2.75) is 12.6 Å². The second-order valence-electron chi connectivity index (χ2n) is 3.67. The molecule has 0 aliphatic heterocycles. The molecule has 0 atom stereocenters. The van der Waals surface area contributed by atoms with Gasteiger partial charge in [-0.3, -0.25) is 0 Å². The fourth-order valence-corrected chi connectivity index (χ4v) is 2.75. The number of thiazole rings is 1. The van der Waals surface area contributed by atoms with Gasteiger partial charge in [0.1, 0.15) is 5.01 Å². The van der Waals surface area contributed by atoms with Gasteiger partial charge in [0.2, 0.25) is 0 Å². The molecule has 1 aromatic carbocycles. The van der Waals surface area contributed by atoms with Crippen molar-refractivity contribution in [2.75, 3.05) is 0 Å². The Bertz CT molecular complexity index is 643. The zero-order valence-electron chi connectivity index (χ0n) is 9.33. The molecular formula is C12H6BrF3N2S. The second kappa shape index (κ2) is 5.31. The Morgan fingerprint density at radius 3 is 2.74 bits per heavy atom. The van der Waals surface area contributed by atoms with E-state index in [0.29, 0.717) is 10.2 Å². The molecular weight excluding hydrogens is 341 g/mol. The molecule has 1 heterocycles. The molecule has 0 aliphatic carbocycles. The van der Waals surface area contributed by atoms with Crippen LogP contribution in [0.5, 0.6) is 0 Å². The Hall–Kier alpha value is -1.39. The summed E-state index contributed by atoms with van der Waals surface area (Å²) < 4.78 is 39.3. The van der Waals surface area contributed by atoms with E-state index < -0.39 is 11.7 Å². The van der Waals surface area contributed by atoms with E-state index in [1.807, 2.05) is 6.07 Å². The standard InChI is InChI=1S/C12H6BrF3N2S/c13-7-1-2-9(10(5-7)12(14,15)16)11-18-8(3-4-17)6-19-11/h1-2,5-6H,3H2. The lowest BCUT2D eigenvalue weighted by atomic mass is 10.1. The zero-order valence-corrected chi connectivity index (χ0v) is 11.7. The average Bonchev–Trinajstić information content (AvgIpc) is 2.77. The van der Waals surface area contributed by atoms with E-state index in [-0.39, 0.29) is 17.0 Å². The Kier molecular flexibility index (Phi) is 3.92. The van der Waals surface area contributed by atoms with Crippen molar-refractivity contribution >= 4 is 27.3 Å². The molecule has 0 spiro atoms. The second-order valence-corrected chi connectivity index (χ2v) is 5.44. The number of nitrogens with zero attached hydrogens (tertiary/aromatic N) is 2. The summed E-state index contributed by atoms with van der Waals surface area (Å²) in [6.07, 6.45) is -4.35. The number of nitriles is 1. The van der Waals surface area contributed by atoms with Gasteiger partial charge in [-0.25, -0.2) is 4.98 Å². The molecule has 0 fully saturated rings. The highest BCUT2D eigenvalue weighted by Crippen LogP contribution is 2.39. The van der Waals surface area contributed by atoms with Gasteiger partial charge in [0, 0.05) is 15.4 Å². The van der Waals surface area contributed by atoms with Crippen LogP contribution in [0.4, 0.5) is 13.2 Å². The van der Waals surface area contributed by atoms with Crippen molar-refractivity contribution in [1.29, 1.82) is 5.26 Å². The molecule has 0 radical (unpaired) electrons. The highest BCUT2D eigenvalue weighted by molar-refractivity contribution is 9.10. The van der Waals surface area contributed by atoms with Crippen LogP contribution in [0.1, 0.15) is 11.3 Å². The van der Waals surface area contributed by atoms with Crippen LogP contribution in [0, 0.1) is 11.3 Å². The van der Waals surface area contributed by atoms with E-state index in [1.54, 1.807) is 5.38 Å². The lowest BCUT2D eigenvalue weighted by Gasteiger charge is -2.11. The van der Waals surface area contributed by atoms with Gasteiger partial charge >= 0.3 is 6.18 Å². The molecule has 0 unspecified atom stereocenters. The first-order valence-corrected chi connectivity index (χ1v) is 6.77. The first-order chi connectivity index (χ1) is 8.91. The molecule has 7 heteroatoms. The molecule has 0 aliphatic rings. The van der Waals surface area contributed by atoms with Crippen LogP contribution in [-0.2, 0) is 12.6 Å². The van der Waals surface area contributed by atoms with E-state index in [1.165, 1.54) is 12.1 Å². The van der Waals surface area contributed by atoms with Gasteiger partial charge in [0.05, 0.1) is 23.7 Å². The number of aromatic nitrogens is 1.